The molecule has 7 nitrogen and oxygen atoms in total. The normalized spacial score (nSPS) is 16.5. The van der Waals surface area contributed by atoms with Crippen molar-refractivity contribution in [1.82, 2.24) is 10.6 Å². The molecule has 3 amide bonds. The van der Waals surface area contributed by atoms with Crippen LogP contribution in [-0.2, 0) is 14.3 Å². The molecule has 0 spiro atoms. The number of hydrogen-bond donors (Lipinski definition) is 2. The first-order valence-electron chi connectivity index (χ1n) is 8.08. The quantitative estimate of drug-likeness (QED) is 0.636. The maximum absolute atomic E-state index is 11.9. The molecule has 1 aliphatic carbocycles. The van der Waals surface area contributed by atoms with Crippen LogP contribution in [0.5, 0.6) is 0 Å². The van der Waals surface area contributed by atoms with E-state index in [0.717, 1.165) is 31.8 Å². The number of hydrogen-bond acceptors (Lipinski definition) is 5. The van der Waals surface area contributed by atoms with E-state index in [4.69, 9.17) is 9.15 Å². The predicted molar refractivity (Wildman–Crippen MR) is 86.8 cm³/mol. The summed E-state index contributed by atoms with van der Waals surface area (Å²) in [6.07, 6.45) is 8.17. The van der Waals surface area contributed by atoms with Gasteiger partial charge in [0.2, 0.25) is 0 Å². The van der Waals surface area contributed by atoms with Crippen molar-refractivity contribution in [1.29, 1.82) is 0 Å². The molecule has 1 saturated carbocycles. The van der Waals surface area contributed by atoms with Crippen molar-refractivity contribution in [3.05, 3.63) is 30.2 Å². The Hall–Kier alpha value is -2.57. The number of urea groups is 1. The molecular weight excluding hydrogens is 312 g/mol. The first-order chi connectivity index (χ1) is 11.5. The topological polar surface area (TPSA) is 97.6 Å². The van der Waals surface area contributed by atoms with E-state index in [0.29, 0.717) is 5.76 Å². The van der Waals surface area contributed by atoms with Gasteiger partial charge in [-0.2, -0.15) is 0 Å². The van der Waals surface area contributed by atoms with Gasteiger partial charge in [0, 0.05) is 12.1 Å². The Bertz CT molecular complexity index is 588. The molecule has 0 saturated heterocycles. The van der Waals surface area contributed by atoms with Crippen molar-refractivity contribution in [3.8, 4) is 0 Å². The van der Waals surface area contributed by atoms with E-state index in [1.807, 2.05) is 0 Å². The van der Waals surface area contributed by atoms with Gasteiger partial charge in [0.05, 0.1) is 6.26 Å². The van der Waals surface area contributed by atoms with Crippen molar-refractivity contribution in [2.45, 2.75) is 51.2 Å². The predicted octanol–water partition coefficient (Wildman–Crippen LogP) is 2.38. The average Bonchev–Trinajstić information content (AvgIpc) is 3.07. The number of esters is 1. The molecule has 0 unspecified atom stereocenters. The number of carbonyl (C=O) groups excluding carboxylic acids is 3. The number of amides is 3. The summed E-state index contributed by atoms with van der Waals surface area (Å²) in [4.78, 5) is 35.3. The number of imide groups is 1. The number of furan rings is 1. The minimum Gasteiger partial charge on any atom is -0.465 e. The highest BCUT2D eigenvalue weighted by Crippen LogP contribution is 2.17. The zero-order chi connectivity index (χ0) is 17.4. The van der Waals surface area contributed by atoms with E-state index in [-0.39, 0.29) is 6.04 Å². The highest BCUT2D eigenvalue weighted by atomic mass is 16.5. The van der Waals surface area contributed by atoms with Gasteiger partial charge in [-0.05, 0) is 38.0 Å². The molecule has 1 heterocycles. The largest absolute Gasteiger partial charge is 0.465 e. The van der Waals surface area contributed by atoms with Crippen LogP contribution in [-0.4, -0.2) is 30.1 Å². The summed E-state index contributed by atoms with van der Waals surface area (Å²) in [6.45, 7) is 1.40. The molecular formula is C17H22N2O5. The Morgan fingerprint density at radius 1 is 1.29 bits per heavy atom. The standard InChI is InChI=1S/C17H22N2O5/c1-12(24-15(20)10-9-14-8-5-11-23-14)16(21)19-17(22)18-13-6-3-2-4-7-13/h5,8-13H,2-4,6-7H2,1H3,(H2,18,19,21,22)/b10-9+/t12-/m1/s1. The molecule has 0 aromatic carbocycles. The van der Waals surface area contributed by atoms with Crippen LogP contribution >= 0.6 is 0 Å². The Balaban J connectivity index is 1.72. The second-order valence-electron chi connectivity index (χ2n) is 5.73. The van der Waals surface area contributed by atoms with E-state index in [2.05, 4.69) is 10.6 Å². The number of rotatable bonds is 5. The van der Waals surface area contributed by atoms with Crippen molar-refractivity contribution >= 4 is 24.0 Å². The van der Waals surface area contributed by atoms with Crippen LogP contribution < -0.4 is 10.6 Å². The highest BCUT2D eigenvalue weighted by Gasteiger charge is 2.21. The Labute approximate surface area is 140 Å². The molecule has 1 aromatic heterocycles. The van der Waals surface area contributed by atoms with Gasteiger partial charge in [0.1, 0.15) is 5.76 Å². The molecule has 2 N–H and O–H groups in total. The molecule has 0 aliphatic heterocycles. The fourth-order valence-electron chi connectivity index (χ4n) is 2.49. The first kappa shape index (κ1) is 17.8. The number of nitrogens with one attached hydrogen (secondary N) is 2. The van der Waals surface area contributed by atoms with Crippen molar-refractivity contribution in [2.24, 2.45) is 0 Å². The van der Waals surface area contributed by atoms with Crippen LogP contribution in [0.2, 0.25) is 0 Å². The molecule has 130 valence electrons. The van der Waals surface area contributed by atoms with E-state index >= 15 is 0 Å². The summed E-state index contributed by atoms with van der Waals surface area (Å²) in [5, 5.41) is 4.96. The molecule has 1 aromatic rings. The fourth-order valence-corrected chi connectivity index (χ4v) is 2.49. The van der Waals surface area contributed by atoms with Gasteiger partial charge in [0.25, 0.3) is 5.91 Å². The zero-order valence-electron chi connectivity index (χ0n) is 13.6. The van der Waals surface area contributed by atoms with Gasteiger partial charge in [-0.15, -0.1) is 0 Å². The third-order valence-electron chi connectivity index (χ3n) is 3.77. The van der Waals surface area contributed by atoms with Gasteiger partial charge >= 0.3 is 12.0 Å². The average molecular weight is 334 g/mol. The summed E-state index contributed by atoms with van der Waals surface area (Å²) >= 11 is 0. The van der Waals surface area contributed by atoms with Crippen LogP contribution in [0.15, 0.2) is 28.9 Å². The van der Waals surface area contributed by atoms with Crippen LogP contribution in [0.1, 0.15) is 44.8 Å². The SMILES string of the molecule is C[C@@H](OC(=O)/C=C/c1ccco1)C(=O)NC(=O)NC1CCCCC1. The van der Waals surface area contributed by atoms with Crippen molar-refractivity contribution < 1.29 is 23.5 Å². The molecule has 1 atom stereocenters. The lowest BCUT2D eigenvalue weighted by Gasteiger charge is -2.23. The highest BCUT2D eigenvalue weighted by molar-refractivity contribution is 5.98. The fraction of sp³-hybridized carbons (Fsp3) is 0.471. The summed E-state index contributed by atoms with van der Waals surface area (Å²) in [7, 11) is 0. The molecule has 0 radical (unpaired) electrons. The van der Waals surface area contributed by atoms with E-state index in [9.17, 15) is 14.4 Å². The monoisotopic (exact) mass is 334 g/mol. The van der Waals surface area contributed by atoms with Crippen LogP contribution in [0.25, 0.3) is 6.08 Å². The Morgan fingerprint density at radius 3 is 2.71 bits per heavy atom. The molecule has 24 heavy (non-hydrogen) atoms. The van der Waals surface area contributed by atoms with Crippen LogP contribution in [0.4, 0.5) is 4.79 Å². The van der Waals surface area contributed by atoms with Crippen LogP contribution in [0, 0.1) is 0 Å². The summed E-state index contributed by atoms with van der Waals surface area (Å²) in [6, 6.07) is 2.91. The van der Waals surface area contributed by atoms with Gasteiger partial charge in [0.15, 0.2) is 6.10 Å². The van der Waals surface area contributed by atoms with Crippen molar-refractivity contribution in [2.75, 3.05) is 0 Å². The molecule has 2 rings (SSSR count). The van der Waals surface area contributed by atoms with Gasteiger partial charge < -0.3 is 14.5 Å². The maximum Gasteiger partial charge on any atom is 0.331 e. The van der Waals surface area contributed by atoms with E-state index in [1.54, 1.807) is 12.1 Å². The summed E-state index contributed by atoms with van der Waals surface area (Å²) in [5.74, 6) is -0.860. The Kier molecular flexibility index (Phi) is 6.60. The summed E-state index contributed by atoms with van der Waals surface area (Å²) in [5.41, 5.74) is 0. The first-order valence-corrected chi connectivity index (χ1v) is 8.08. The third-order valence-corrected chi connectivity index (χ3v) is 3.77. The van der Waals surface area contributed by atoms with E-state index in [1.165, 1.54) is 25.7 Å². The maximum atomic E-state index is 11.9. The van der Waals surface area contributed by atoms with Gasteiger partial charge in [-0.25, -0.2) is 9.59 Å². The summed E-state index contributed by atoms with van der Waals surface area (Å²) < 4.78 is 9.98. The number of carbonyl (C=O) groups is 3. The molecule has 0 bridgehead atoms. The smallest absolute Gasteiger partial charge is 0.331 e. The van der Waals surface area contributed by atoms with Gasteiger partial charge in [-0.1, -0.05) is 19.3 Å². The lowest BCUT2D eigenvalue weighted by atomic mass is 9.96. The molecule has 1 aliphatic rings. The Morgan fingerprint density at radius 2 is 2.04 bits per heavy atom. The van der Waals surface area contributed by atoms with Gasteiger partial charge in [-0.3, -0.25) is 10.1 Å². The lowest BCUT2D eigenvalue weighted by molar-refractivity contribution is -0.149. The zero-order valence-corrected chi connectivity index (χ0v) is 13.6. The minimum atomic E-state index is -1.07. The minimum absolute atomic E-state index is 0.0978. The second kappa shape index (κ2) is 8.90. The molecule has 1 fully saturated rings. The van der Waals surface area contributed by atoms with Crippen molar-refractivity contribution in [3.63, 3.8) is 0 Å². The van der Waals surface area contributed by atoms with Crippen LogP contribution in [0.3, 0.4) is 0 Å². The van der Waals surface area contributed by atoms with E-state index < -0.39 is 24.0 Å². The third kappa shape index (κ3) is 5.91. The number of ether oxygens (including phenoxy) is 1. The molecule has 7 heteroatoms. The lowest BCUT2D eigenvalue weighted by Crippen LogP contribution is -2.48. The second-order valence-corrected chi connectivity index (χ2v) is 5.73.